The topological polar surface area (TPSA) is 45.7 Å². The van der Waals surface area contributed by atoms with Gasteiger partial charge in [0.15, 0.2) is 5.96 Å². The van der Waals surface area contributed by atoms with Gasteiger partial charge < -0.3 is 15.4 Å². The molecule has 0 unspecified atom stereocenters. The Morgan fingerprint density at radius 1 is 1.32 bits per heavy atom. The Labute approximate surface area is 175 Å². The van der Waals surface area contributed by atoms with E-state index in [1.54, 1.807) is 26.3 Å². The average Bonchev–Trinajstić information content (AvgIpc) is 3.05. The molecule has 1 fully saturated rings. The highest BCUT2D eigenvalue weighted by Gasteiger charge is 2.33. The third kappa shape index (κ3) is 7.02. The molecule has 1 aromatic rings. The molecule has 0 aromatic heterocycles. The van der Waals surface area contributed by atoms with Crippen molar-refractivity contribution >= 4 is 45.9 Å². The third-order valence-corrected chi connectivity index (χ3v) is 5.30. The van der Waals surface area contributed by atoms with Crippen LogP contribution < -0.4 is 10.6 Å². The molecule has 25 heavy (non-hydrogen) atoms. The minimum absolute atomic E-state index is 0. The fourth-order valence-electron chi connectivity index (χ4n) is 3.31. The van der Waals surface area contributed by atoms with Crippen LogP contribution in [0.15, 0.2) is 27.7 Å². The number of rotatable bonds is 7. The van der Waals surface area contributed by atoms with Crippen LogP contribution in [0, 0.1) is 11.2 Å². The first-order valence-corrected chi connectivity index (χ1v) is 9.25. The van der Waals surface area contributed by atoms with E-state index >= 15 is 0 Å². The fourth-order valence-corrected chi connectivity index (χ4v) is 3.72. The van der Waals surface area contributed by atoms with Crippen LogP contribution in [0.2, 0.25) is 0 Å². The Morgan fingerprint density at radius 2 is 2.04 bits per heavy atom. The summed E-state index contributed by atoms with van der Waals surface area (Å²) in [6.45, 7) is 2.06. The van der Waals surface area contributed by atoms with Crippen LogP contribution in [0.5, 0.6) is 0 Å². The zero-order chi connectivity index (χ0) is 17.4. The van der Waals surface area contributed by atoms with Gasteiger partial charge in [-0.2, -0.15) is 0 Å². The summed E-state index contributed by atoms with van der Waals surface area (Å²) in [4.78, 5) is 4.26. The highest BCUT2D eigenvalue weighted by Crippen LogP contribution is 2.40. The molecule has 1 aliphatic carbocycles. The lowest BCUT2D eigenvalue weighted by Gasteiger charge is -2.30. The minimum Gasteiger partial charge on any atom is -0.385 e. The predicted octanol–water partition coefficient (Wildman–Crippen LogP) is 4.47. The lowest BCUT2D eigenvalue weighted by atomic mass is 9.83. The molecule has 0 heterocycles. The molecule has 0 saturated heterocycles. The third-order valence-electron chi connectivity index (χ3n) is 4.81. The van der Waals surface area contributed by atoms with Crippen LogP contribution in [0.3, 0.4) is 0 Å². The average molecular weight is 528 g/mol. The smallest absolute Gasteiger partial charge is 0.191 e. The van der Waals surface area contributed by atoms with E-state index < -0.39 is 0 Å². The van der Waals surface area contributed by atoms with E-state index in [4.69, 9.17) is 4.74 Å². The quantitative estimate of drug-likeness (QED) is 0.312. The number of hydrogen-bond donors (Lipinski definition) is 2. The molecule has 4 nitrogen and oxygen atoms in total. The van der Waals surface area contributed by atoms with E-state index in [2.05, 4.69) is 31.6 Å². The van der Waals surface area contributed by atoms with Gasteiger partial charge in [-0.1, -0.05) is 28.8 Å². The number of guanidine groups is 1. The second-order valence-corrected chi connectivity index (χ2v) is 7.38. The van der Waals surface area contributed by atoms with Gasteiger partial charge in [0, 0.05) is 43.9 Å². The molecule has 0 amide bonds. The van der Waals surface area contributed by atoms with Gasteiger partial charge >= 0.3 is 0 Å². The highest BCUT2D eigenvalue weighted by molar-refractivity contribution is 14.0. The molecular weight excluding hydrogens is 500 g/mol. The van der Waals surface area contributed by atoms with Crippen molar-refractivity contribution in [1.82, 2.24) is 10.6 Å². The van der Waals surface area contributed by atoms with Crippen LogP contribution in [-0.4, -0.2) is 33.3 Å². The van der Waals surface area contributed by atoms with Gasteiger partial charge in [0.05, 0.1) is 0 Å². The SMILES string of the molecule is CN=C(NCc1cc(Br)ccc1F)NCC1(CCOC)CCCC1.I. The molecule has 0 bridgehead atoms. The maximum atomic E-state index is 13.8. The Kier molecular flexibility index (Phi) is 10.3. The molecule has 0 aliphatic heterocycles. The number of hydrogen-bond acceptors (Lipinski definition) is 2. The second-order valence-electron chi connectivity index (χ2n) is 6.46. The Hall–Kier alpha value is -0.410. The maximum Gasteiger partial charge on any atom is 0.191 e. The number of aliphatic imine (C=N–C) groups is 1. The van der Waals surface area contributed by atoms with Crippen molar-refractivity contribution in [2.45, 2.75) is 38.6 Å². The summed E-state index contributed by atoms with van der Waals surface area (Å²) in [5.41, 5.74) is 0.900. The molecule has 142 valence electrons. The largest absolute Gasteiger partial charge is 0.385 e. The summed E-state index contributed by atoms with van der Waals surface area (Å²) in [6.07, 6.45) is 6.07. The van der Waals surface area contributed by atoms with E-state index in [1.807, 2.05) is 0 Å². The van der Waals surface area contributed by atoms with Crippen molar-refractivity contribution in [2.24, 2.45) is 10.4 Å². The number of nitrogens with one attached hydrogen (secondary N) is 2. The fraction of sp³-hybridized carbons (Fsp3) is 0.611. The zero-order valence-electron chi connectivity index (χ0n) is 14.9. The van der Waals surface area contributed by atoms with Gasteiger partial charge in [-0.3, -0.25) is 4.99 Å². The Morgan fingerprint density at radius 3 is 2.68 bits per heavy atom. The van der Waals surface area contributed by atoms with E-state index in [-0.39, 0.29) is 35.2 Å². The molecule has 1 saturated carbocycles. The summed E-state index contributed by atoms with van der Waals surface area (Å²) < 4.78 is 20.0. The molecule has 0 atom stereocenters. The maximum absolute atomic E-state index is 13.8. The standard InChI is InChI=1S/C18H27BrFN3O.HI/c1-21-17(22-12-14-11-15(19)5-6-16(14)20)23-13-18(9-10-24-2)7-3-4-8-18;/h5-6,11H,3-4,7-10,12-13H2,1-2H3,(H2,21,22,23);1H. The van der Waals surface area contributed by atoms with Crippen molar-refractivity contribution < 1.29 is 9.13 Å². The lowest BCUT2D eigenvalue weighted by Crippen LogP contribution is -2.43. The van der Waals surface area contributed by atoms with Crippen molar-refractivity contribution in [3.05, 3.63) is 34.1 Å². The van der Waals surface area contributed by atoms with Gasteiger partial charge in [0.25, 0.3) is 0 Å². The molecule has 0 radical (unpaired) electrons. The molecule has 0 spiro atoms. The van der Waals surface area contributed by atoms with E-state index in [0.717, 1.165) is 24.0 Å². The predicted molar refractivity (Wildman–Crippen MR) is 115 cm³/mol. The van der Waals surface area contributed by atoms with Crippen molar-refractivity contribution in [2.75, 3.05) is 27.3 Å². The monoisotopic (exact) mass is 527 g/mol. The van der Waals surface area contributed by atoms with Crippen LogP contribution in [0.1, 0.15) is 37.7 Å². The van der Waals surface area contributed by atoms with Crippen LogP contribution in [-0.2, 0) is 11.3 Å². The Balaban J connectivity index is 0.00000312. The molecule has 7 heteroatoms. The highest BCUT2D eigenvalue weighted by atomic mass is 127. The molecule has 1 aromatic carbocycles. The number of methoxy groups -OCH3 is 1. The van der Waals surface area contributed by atoms with Gasteiger partial charge in [0.1, 0.15) is 5.82 Å². The minimum atomic E-state index is -0.214. The summed E-state index contributed by atoms with van der Waals surface area (Å²) >= 11 is 3.37. The first-order valence-electron chi connectivity index (χ1n) is 8.46. The first kappa shape index (κ1) is 22.6. The van der Waals surface area contributed by atoms with Gasteiger partial charge in [-0.05, 0) is 42.9 Å². The first-order chi connectivity index (χ1) is 11.6. The zero-order valence-corrected chi connectivity index (χ0v) is 18.8. The molecule has 2 rings (SSSR count). The number of benzene rings is 1. The van der Waals surface area contributed by atoms with E-state index in [0.29, 0.717) is 18.1 Å². The summed E-state index contributed by atoms with van der Waals surface area (Å²) in [7, 11) is 3.49. The van der Waals surface area contributed by atoms with Gasteiger partial charge in [-0.15, -0.1) is 24.0 Å². The van der Waals surface area contributed by atoms with Crippen LogP contribution >= 0.6 is 39.9 Å². The van der Waals surface area contributed by atoms with E-state index in [9.17, 15) is 4.39 Å². The molecule has 2 N–H and O–H groups in total. The Bertz CT molecular complexity index is 565. The van der Waals surface area contributed by atoms with Crippen molar-refractivity contribution in [3.8, 4) is 0 Å². The normalized spacial score (nSPS) is 16.4. The van der Waals surface area contributed by atoms with Gasteiger partial charge in [0.2, 0.25) is 0 Å². The van der Waals surface area contributed by atoms with E-state index in [1.165, 1.54) is 31.7 Å². The number of ether oxygens (including phenoxy) is 1. The van der Waals surface area contributed by atoms with Gasteiger partial charge in [-0.25, -0.2) is 4.39 Å². The van der Waals surface area contributed by atoms with Crippen LogP contribution in [0.4, 0.5) is 4.39 Å². The summed E-state index contributed by atoms with van der Waals surface area (Å²) in [5.74, 6) is 0.492. The van der Waals surface area contributed by atoms with Crippen molar-refractivity contribution in [1.29, 1.82) is 0 Å². The molecule has 1 aliphatic rings. The number of halogens is 3. The second kappa shape index (κ2) is 11.3. The summed E-state index contributed by atoms with van der Waals surface area (Å²) in [6, 6.07) is 4.95. The lowest BCUT2D eigenvalue weighted by molar-refractivity contribution is 0.138. The molecular formula is C18H28BrFIN3O. The number of nitrogens with zero attached hydrogens (tertiary/aromatic N) is 1. The van der Waals surface area contributed by atoms with Crippen LogP contribution in [0.25, 0.3) is 0 Å². The summed E-state index contributed by atoms with van der Waals surface area (Å²) in [5, 5.41) is 6.61. The van der Waals surface area contributed by atoms with Crippen molar-refractivity contribution in [3.63, 3.8) is 0 Å².